The number of alkyl halides is 2. The third-order valence-corrected chi connectivity index (χ3v) is 3.59. The van der Waals surface area contributed by atoms with Crippen molar-refractivity contribution in [3.05, 3.63) is 22.4 Å². The van der Waals surface area contributed by atoms with Gasteiger partial charge < -0.3 is 0 Å². The fourth-order valence-corrected chi connectivity index (χ4v) is 2.12. The predicted molar refractivity (Wildman–Crippen MR) is 55.4 cm³/mol. The highest BCUT2D eigenvalue weighted by atomic mass is 35.5. The van der Waals surface area contributed by atoms with Gasteiger partial charge in [0, 0.05) is 6.20 Å². The Morgan fingerprint density at radius 3 is 2.56 bits per heavy atom. The first kappa shape index (κ1) is 13.6. The fourth-order valence-electron chi connectivity index (χ4n) is 0.807. The summed E-state index contributed by atoms with van der Waals surface area (Å²) in [7, 11) is -4.03. The van der Waals surface area contributed by atoms with Crippen LogP contribution in [0.2, 0.25) is 10.2 Å². The van der Waals surface area contributed by atoms with E-state index in [0.29, 0.717) is 0 Å². The molecule has 0 aliphatic carbocycles. The largest absolute Gasteiger partial charge is 0.251 e. The number of aromatic nitrogens is 1. The van der Waals surface area contributed by atoms with Crippen LogP contribution in [0.5, 0.6) is 0 Å². The molecule has 9 heteroatoms. The molecule has 1 N–H and O–H groups in total. The molecule has 0 radical (unpaired) electrons. The van der Waals surface area contributed by atoms with Gasteiger partial charge in [0.25, 0.3) is 6.43 Å². The molecule has 0 spiro atoms. The van der Waals surface area contributed by atoms with Crippen molar-refractivity contribution in [2.45, 2.75) is 11.3 Å². The van der Waals surface area contributed by atoms with Crippen molar-refractivity contribution in [3.8, 4) is 0 Å². The van der Waals surface area contributed by atoms with Gasteiger partial charge in [0.05, 0.1) is 11.6 Å². The first-order valence-electron chi connectivity index (χ1n) is 3.92. The number of halogens is 4. The van der Waals surface area contributed by atoms with Crippen LogP contribution in [0.15, 0.2) is 17.2 Å². The maximum absolute atomic E-state index is 11.8. The molecule has 0 atom stereocenters. The highest BCUT2D eigenvalue weighted by Crippen LogP contribution is 2.21. The van der Waals surface area contributed by atoms with Crippen LogP contribution in [-0.4, -0.2) is 26.4 Å². The topological polar surface area (TPSA) is 59.1 Å². The minimum absolute atomic E-state index is 0.0607. The number of pyridine rings is 1. The monoisotopic (exact) mass is 290 g/mol. The molecule has 1 aromatic heterocycles. The zero-order chi connectivity index (χ0) is 12.3. The Morgan fingerprint density at radius 1 is 1.44 bits per heavy atom. The summed E-state index contributed by atoms with van der Waals surface area (Å²) in [5.74, 6) is 0. The molecule has 0 amide bonds. The molecule has 0 unspecified atom stereocenters. The number of sulfonamides is 1. The summed E-state index contributed by atoms with van der Waals surface area (Å²) in [6.07, 6.45) is -1.84. The summed E-state index contributed by atoms with van der Waals surface area (Å²) < 4.78 is 48.2. The van der Waals surface area contributed by atoms with E-state index < -0.39 is 23.0 Å². The number of nitrogens with one attached hydrogen (secondary N) is 1. The normalized spacial score (nSPS) is 12.1. The summed E-state index contributed by atoms with van der Waals surface area (Å²) >= 11 is 11.0. The number of rotatable bonds is 4. The Morgan fingerprint density at radius 2 is 2.06 bits per heavy atom. The molecule has 0 saturated carbocycles. The van der Waals surface area contributed by atoms with Crippen molar-refractivity contribution in [3.63, 3.8) is 0 Å². The Hall–Kier alpha value is -0.500. The lowest BCUT2D eigenvalue weighted by molar-refractivity contribution is 0.153. The zero-order valence-corrected chi connectivity index (χ0v) is 9.95. The maximum atomic E-state index is 11.8. The van der Waals surface area contributed by atoms with E-state index in [1.54, 1.807) is 4.72 Å². The zero-order valence-electron chi connectivity index (χ0n) is 7.62. The van der Waals surface area contributed by atoms with Gasteiger partial charge in [0.2, 0.25) is 10.0 Å². The molecule has 1 heterocycles. The summed E-state index contributed by atoms with van der Waals surface area (Å²) in [6.45, 7) is -0.970. The van der Waals surface area contributed by atoms with Crippen molar-refractivity contribution in [2.24, 2.45) is 0 Å². The van der Waals surface area contributed by atoms with Crippen LogP contribution in [0.3, 0.4) is 0 Å². The molecular formula is C7H6Cl2F2N2O2S. The van der Waals surface area contributed by atoms with Gasteiger partial charge in [0.1, 0.15) is 10.0 Å². The van der Waals surface area contributed by atoms with E-state index in [0.717, 1.165) is 12.3 Å². The van der Waals surface area contributed by atoms with Crippen LogP contribution >= 0.6 is 23.2 Å². The van der Waals surface area contributed by atoms with E-state index in [2.05, 4.69) is 4.98 Å². The quantitative estimate of drug-likeness (QED) is 0.862. The molecule has 1 aromatic rings. The van der Waals surface area contributed by atoms with Gasteiger partial charge in [0.15, 0.2) is 0 Å². The van der Waals surface area contributed by atoms with Gasteiger partial charge in [-0.2, -0.15) is 0 Å². The molecule has 90 valence electrons. The lowest BCUT2D eigenvalue weighted by Gasteiger charge is -2.06. The van der Waals surface area contributed by atoms with Gasteiger partial charge in [-0.05, 0) is 6.07 Å². The molecule has 0 aliphatic heterocycles. The van der Waals surface area contributed by atoms with E-state index in [4.69, 9.17) is 23.2 Å². The second kappa shape index (κ2) is 5.22. The summed E-state index contributed by atoms with van der Waals surface area (Å²) in [5.41, 5.74) is 0. The van der Waals surface area contributed by atoms with E-state index in [-0.39, 0.29) is 15.1 Å². The average molecular weight is 291 g/mol. The fraction of sp³-hybridized carbons (Fsp3) is 0.286. The van der Waals surface area contributed by atoms with E-state index in [1.165, 1.54) is 0 Å². The number of nitrogens with zero attached hydrogens (tertiary/aromatic N) is 1. The Kier molecular flexibility index (Phi) is 4.43. The lowest BCUT2D eigenvalue weighted by Crippen LogP contribution is -2.28. The second-order valence-corrected chi connectivity index (χ2v) is 5.22. The van der Waals surface area contributed by atoms with Crippen LogP contribution in [0, 0.1) is 0 Å². The SMILES string of the molecule is O=S(=O)(NCC(F)F)c1cnc(Cl)c(Cl)c1. The molecule has 0 saturated heterocycles. The molecule has 0 aromatic carbocycles. The van der Waals surface area contributed by atoms with Crippen molar-refractivity contribution in [1.82, 2.24) is 9.71 Å². The van der Waals surface area contributed by atoms with Gasteiger partial charge in [-0.25, -0.2) is 26.9 Å². The molecule has 0 fully saturated rings. The molecule has 0 bridgehead atoms. The van der Waals surface area contributed by atoms with Crippen LogP contribution in [0.25, 0.3) is 0 Å². The molecule has 0 aliphatic rings. The van der Waals surface area contributed by atoms with E-state index >= 15 is 0 Å². The maximum Gasteiger partial charge on any atom is 0.251 e. The Labute approximate surface area is 101 Å². The van der Waals surface area contributed by atoms with Crippen molar-refractivity contribution >= 4 is 33.2 Å². The smallest absolute Gasteiger partial charge is 0.242 e. The lowest BCUT2D eigenvalue weighted by atomic mass is 10.5. The molecule has 4 nitrogen and oxygen atoms in total. The average Bonchev–Trinajstić information content (AvgIpc) is 2.19. The third-order valence-electron chi connectivity index (χ3n) is 1.51. The third kappa shape index (κ3) is 3.51. The molecular weight excluding hydrogens is 285 g/mol. The second-order valence-electron chi connectivity index (χ2n) is 2.69. The highest BCUT2D eigenvalue weighted by molar-refractivity contribution is 7.89. The molecule has 1 rings (SSSR count). The van der Waals surface area contributed by atoms with Crippen LogP contribution in [-0.2, 0) is 10.0 Å². The number of hydrogen-bond donors (Lipinski definition) is 1. The first-order chi connectivity index (χ1) is 7.33. The summed E-state index contributed by atoms with van der Waals surface area (Å²) in [6, 6.07) is 1.03. The van der Waals surface area contributed by atoms with Crippen molar-refractivity contribution < 1.29 is 17.2 Å². The van der Waals surface area contributed by atoms with Crippen LogP contribution < -0.4 is 4.72 Å². The van der Waals surface area contributed by atoms with Crippen LogP contribution in [0.4, 0.5) is 8.78 Å². The van der Waals surface area contributed by atoms with Crippen molar-refractivity contribution in [1.29, 1.82) is 0 Å². The molecule has 16 heavy (non-hydrogen) atoms. The van der Waals surface area contributed by atoms with Gasteiger partial charge in [-0.3, -0.25) is 0 Å². The Balaban J connectivity index is 2.94. The van der Waals surface area contributed by atoms with Crippen LogP contribution in [0.1, 0.15) is 0 Å². The standard InChI is InChI=1S/C7H6Cl2F2N2O2S/c8-5-1-4(2-12-7(5)9)16(14,15)13-3-6(10)11/h1-2,6,13H,3H2. The summed E-state index contributed by atoms with van der Waals surface area (Å²) in [5, 5.41) is -0.129. The predicted octanol–water partition coefficient (Wildman–Crippen LogP) is 1.93. The minimum Gasteiger partial charge on any atom is -0.242 e. The first-order valence-corrected chi connectivity index (χ1v) is 6.15. The summed E-state index contributed by atoms with van der Waals surface area (Å²) in [4.78, 5) is 3.18. The number of hydrogen-bond acceptors (Lipinski definition) is 3. The van der Waals surface area contributed by atoms with E-state index in [9.17, 15) is 17.2 Å². The van der Waals surface area contributed by atoms with Gasteiger partial charge in [-0.15, -0.1) is 0 Å². The Bertz CT molecular complexity index is 481. The van der Waals surface area contributed by atoms with Gasteiger partial charge in [-0.1, -0.05) is 23.2 Å². The van der Waals surface area contributed by atoms with E-state index in [1.807, 2.05) is 0 Å². The van der Waals surface area contributed by atoms with Crippen molar-refractivity contribution in [2.75, 3.05) is 6.54 Å². The van der Waals surface area contributed by atoms with Gasteiger partial charge >= 0.3 is 0 Å². The highest BCUT2D eigenvalue weighted by Gasteiger charge is 2.17. The minimum atomic E-state index is -4.03.